The molecule has 1 atom stereocenters. The van der Waals surface area contributed by atoms with E-state index in [1.807, 2.05) is 0 Å². The lowest BCUT2D eigenvalue weighted by molar-refractivity contribution is -0.141. The molecular formula is C9H13N5O3S. The van der Waals surface area contributed by atoms with Gasteiger partial charge in [-0.3, -0.25) is 9.59 Å². The summed E-state index contributed by atoms with van der Waals surface area (Å²) in [4.78, 5) is 22.2. The molecule has 1 aliphatic rings. The number of hydrogen-bond acceptors (Lipinski definition) is 7. The van der Waals surface area contributed by atoms with Crippen LogP contribution in [0.3, 0.4) is 0 Å². The Balaban J connectivity index is 1.87. The summed E-state index contributed by atoms with van der Waals surface area (Å²) in [5.41, 5.74) is 0. The van der Waals surface area contributed by atoms with Crippen LogP contribution in [0.4, 0.5) is 0 Å². The fraction of sp³-hybridized carbons (Fsp3) is 0.667. The molecule has 1 aromatic rings. The number of carbonyl (C=O) groups is 2. The Kier molecular flexibility index (Phi) is 4.13. The van der Waals surface area contributed by atoms with Crippen LogP contribution in [-0.4, -0.2) is 51.0 Å². The van der Waals surface area contributed by atoms with Gasteiger partial charge >= 0.3 is 5.97 Å². The summed E-state index contributed by atoms with van der Waals surface area (Å²) in [5.74, 6) is 0.362. The summed E-state index contributed by atoms with van der Waals surface area (Å²) in [6.07, 6.45) is 1.39. The van der Waals surface area contributed by atoms with Gasteiger partial charge in [0.05, 0.1) is 7.11 Å². The Morgan fingerprint density at radius 1 is 1.67 bits per heavy atom. The minimum atomic E-state index is -0.404. The van der Waals surface area contributed by atoms with Gasteiger partial charge in [0.15, 0.2) is 0 Å². The Labute approximate surface area is 107 Å². The van der Waals surface area contributed by atoms with Crippen LogP contribution in [0.15, 0.2) is 5.16 Å². The van der Waals surface area contributed by atoms with Gasteiger partial charge in [-0.05, 0) is 16.8 Å². The van der Waals surface area contributed by atoms with Gasteiger partial charge in [-0.25, -0.2) is 4.68 Å². The van der Waals surface area contributed by atoms with Gasteiger partial charge in [0, 0.05) is 18.2 Å². The highest BCUT2D eigenvalue weighted by molar-refractivity contribution is 7.99. The van der Waals surface area contributed by atoms with Crippen molar-refractivity contribution in [2.24, 2.45) is 0 Å². The zero-order valence-electron chi connectivity index (χ0n) is 9.83. The molecule has 0 radical (unpaired) electrons. The number of hydrogen-bond donors (Lipinski definition) is 1. The highest BCUT2D eigenvalue weighted by Gasteiger charge is 2.22. The molecule has 2 heterocycles. The van der Waals surface area contributed by atoms with Crippen LogP contribution in [0.1, 0.15) is 12.8 Å². The lowest BCUT2D eigenvalue weighted by atomic mass is 10.2. The third kappa shape index (κ3) is 3.19. The van der Waals surface area contributed by atoms with Crippen LogP contribution in [0.2, 0.25) is 0 Å². The predicted molar refractivity (Wildman–Crippen MR) is 61.7 cm³/mol. The molecule has 8 nitrogen and oxygen atoms in total. The predicted octanol–water partition coefficient (Wildman–Crippen LogP) is -0.783. The smallest absolute Gasteiger partial charge is 0.327 e. The first-order valence-corrected chi connectivity index (χ1v) is 6.42. The molecule has 98 valence electrons. The molecule has 1 unspecified atom stereocenters. The van der Waals surface area contributed by atoms with Crippen LogP contribution in [0.5, 0.6) is 0 Å². The number of thioether (sulfide) groups is 1. The Bertz CT molecular complexity index is 449. The van der Waals surface area contributed by atoms with E-state index in [4.69, 9.17) is 0 Å². The summed E-state index contributed by atoms with van der Waals surface area (Å²) < 4.78 is 5.93. The van der Waals surface area contributed by atoms with Gasteiger partial charge < -0.3 is 10.1 Å². The molecule has 0 saturated carbocycles. The van der Waals surface area contributed by atoms with Crippen molar-refractivity contribution in [2.75, 3.05) is 12.9 Å². The van der Waals surface area contributed by atoms with E-state index in [2.05, 4.69) is 25.6 Å². The van der Waals surface area contributed by atoms with Crippen LogP contribution < -0.4 is 5.32 Å². The molecule has 2 rings (SSSR count). The Morgan fingerprint density at radius 2 is 2.50 bits per heavy atom. The molecule has 1 aromatic heterocycles. The molecule has 0 bridgehead atoms. The van der Waals surface area contributed by atoms with E-state index in [0.717, 1.165) is 6.42 Å². The van der Waals surface area contributed by atoms with Gasteiger partial charge in [0.1, 0.15) is 6.54 Å². The summed E-state index contributed by atoms with van der Waals surface area (Å²) in [6, 6.07) is 0.144. The van der Waals surface area contributed by atoms with Crippen molar-refractivity contribution in [1.29, 1.82) is 0 Å². The first-order chi connectivity index (χ1) is 8.69. The summed E-state index contributed by atoms with van der Waals surface area (Å²) in [6.45, 7) is -0.0111. The van der Waals surface area contributed by atoms with Crippen LogP contribution in [0.25, 0.3) is 0 Å². The van der Waals surface area contributed by atoms with Crippen molar-refractivity contribution >= 4 is 23.6 Å². The van der Waals surface area contributed by atoms with Crippen molar-refractivity contribution in [3.63, 3.8) is 0 Å². The number of esters is 1. The van der Waals surface area contributed by atoms with Gasteiger partial charge in [-0.1, -0.05) is 11.8 Å². The average Bonchev–Trinajstić information content (AvgIpc) is 2.96. The minimum absolute atomic E-state index is 0.0111. The molecule has 9 heteroatoms. The quantitative estimate of drug-likeness (QED) is 0.553. The van der Waals surface area contributed by atoms with E-state index in [0.29, 0.717) is 17.3 Å². The standard InChI is InChI=1S/C9H13N5O3S/c1-17-8(16)4-14-9(11-12-13-14)18-5-6-2-3-7(15)10-6/h6H,2-5H2,1H3,(H,10,15). The fourth-order valence-electron chi connectivity index (χ4n) is 1.56. The number of rotatable bonds is 5. The van der Waals surface area contributed by atoms with E-state index in [9.17, 15) is 9.59 Å². The number of carbonyl (C=O) groups excluding carboxylic acids is 2. The highest BCUT2D eigenvalue weighted by atomic mass is 32.2. The lowest BCUT2D eigenvalue weighted by Gasteiger charge is -2.08. The molecule has 0 aliphatic carbocycles. The molecule has 1 aliphatic heterocycles. The van der Waals surface area contributed by atoms with E-state index in [1.54, 1.807) is 0 Å². The molecule has 0 aromatic carbocycles. The third-order valence-electron chi connectivity index (χ3n) is 2.50. The number of aromatic nitrogens is 4. The molecular weight excluding hydrogens is 258 g/mol. The maximum absolute atomic E-state index is 11.1. The van der Waals surface area contributed by atoms with E-state index >= 15 is 0 Å². The lowest BCUT2D eigenvalue weighted by Crippen LogP contribution is -2.27. The Hall–Kier alpha value is -1.64. The third-order valence-corrected chi connectivity index (χ3v) is 3.62. The molecule has 0 spiro atoms. The SMILES string of the molecule is COC(=O)Cn1nnnc1SCC1CCC(=O)N1. The number of nitrogens with one attached hydrogen (secondary N) is 1. The number of nitrogens with zero attached hydrogens (tertiary/aromatic N) is 4. The summed E-state index contributed by atoms with van der Waals surface area (Å²) in [7, 11) is 1.31. The highest BCUT2D eigenvalue weighted by Crippen LogP contribution is 2.18. The van der Waals surface area contributed by atoms with Crippen LogP contribution >= 0.6 is 11.8 Å². The van der Waals surface area contributed by atoms with Gasteiger partial charge in [-0.15, -0.1) is 5.10 Å². The normalized spacial score (nSPS) is 18.7. The van der Waals surface area contributed by atoms with E-state index in [-0.39, 0.29) is 18.5 Å². The van der Waals surface area contributed by atoms with Crippen LogP contribution in [-0.2, 0) is 20.9 Å². The molecule has 18 heavy (non-hydrogen) atoms. The average molecular weight is 271 g/mol. The molecule has 1 N–H and O–H groups in total. The number of tetrazole rings is 1. The van der Waals surface area contributed by atoms with Crippen molar-refractivity contribution in [1.82, 2.24) is 25.5 Å². The topological polar surface area (TPSA) is 99.0 Å². The molecule has 1 amide bonds. The second-order valence-electron chi connectivity index (χ2n) is 3.81. The minimum Gasteiger partial charge on any atom is -0.468 e. The van der Waals surface area contributed by atoms with Crippen molar-refractivity contribution in [3.8, 4) is 0 Å². The maximum atomic E-state index is 11.1. The van der Waals surface area contributed by atoms with E-state index < -0.39 is 5.97 Å². The summed E-state index contributed by atoms with van der Waals surface area (Å²) in [5, 5.41) is 14.5. The van der Waals surface area contributed by atoms with Gasteiger partial charge in [0.25, 0.3) is 0 Å². The first-order valence-electron chi connectivity index (χ1n) is 5.44. The zero-order valence-corrected chi connectivity index (χ0v) is 10.6. The summed E-state index contributed by atoms with van der Waals surface area (Å²) >= 11 is 1.41. The fourth-order valence-corrected chi connectivity index (χ4v) is 2.51. The number of methoxy groups -OCH3 is 1. The van der Waals surface area contributed by atoms with Crippen molar-refractivity contribution in [2.45, 2.75) is 30.6 Å². The first kappa shape index (κ1) is 12.8. The second-order valence-corrected chi connectivity index (χ2v) is 4.80. The monoisotopic (exact) mass is 271 g/mol. The zero-order chi connectivity index (χ0) is 13.0. The largest absolute Gasteiger partial charge is 0.468 e. The molecule has 1 fully saturated rings. The Morgan fingerprint density at radius 3 is 3.17 bits per heavy atom. The number of amides is 1. The number of ether oxygens (including phenoxy) is 1. The second kappa shape index (κ2) is 5.80. The van der Waals surface area contributed by atoms with Gasteiger partial charge in [0.2, 0.25) is 11.1 Å². The van der Waals surface area contributed by atoms with Crippen molar-refractivity contribution in [3.05, 3.63) is 0 Å². The van der Waals surface area contributed by atoms with Crippen LogP contribution in [0, 0.1) is 0 Å². The van der Waals surface area contributed by atoms with Crippen molar-refractivity contribution < 1.29 is 14.3 Å². The van der Waals surface area contributed by atoms with Gasteiger partial charge in [-0.2, -0.15) is 0 Å². The maximum Gasteiger partial charge on any atom is 0.327 e. The molecule has 1 saturated heterocycles. The van der Waals surface area contributed by atoms with E-state index in [1.165, 1.54) is 23.6 Å².